The quantitative estimate of drug-likeness (QED) is 0.853. The van der Waals surface area contributed by atoms with Gasteiger partial charge in [-0.25, -0.2) is 0 Å². The highest BCUT2D eigenvalue weighted by Gasteiger charge is 2.33. The van der Waals surface area contributed by atoms with Gasteiger partial charge in [-0.1, -0.05) is 18.2 Å². The number of nitrogens with two attached hydrogens (primary N) is 1. The van der Waals surface area contributed by atoms with Gasteiger partial charge in [-0.15, -0.1) is 0 Å². The first-order valence-corrected chi connectivity index (χ1v) is 5.50. The number of hydrogen-bond donors (Lipinski definition) is 2. The Kier molecular flexibility index (Phi) is 4.72. The number of halogens is 3. The molecule has 1 atom stereocenters. The second-order valence-corrected chi connectivity index (χ2v) is 3.98. The third-order valence-electron chi connectivity index (χ3n) is 2.55. The van der Waals surface area contributed by atoms with Gasteiger partial charge in [0.1, 0.15) is 0 Å². The Morgan fingerprint density at radius 3 is 2.56 bits per heavy atom. The van der Waals surface area contributed by atoms with Crippen LogP contribution in [-0.2, 0) is 11.0 Å². The first-order valence-electron chi connectivity index (χ1n) is 5.50. The Morgan fingerprint density at radius 1 is 1.39 bits per heavy atom. The first-order chi connectivity index (χ1) is 8.32. The molecule has 3 N–H and O–H groups in total. The van der Waals surface area contributed by atoms with E-state index in [0.29, 0.717) is 0 Å². The molecule has 1 rings (SSSR count). The fraction of sp³-hybridized carbons (Fsp3) is 0.417. The zero-order valence-corrected chi connectivity index (χ0v) is 9.92. The fourth-order valence-electron chi connectivity index (χ4n) is 1.65. The summed E-state index contributed by atoms with van der Waals surface area (Å²) in [6.45, 7) is 1.87. The van der Waals surface area contributed by atoms with Crippen molar-refractivity contribution in [3.8, 4) is 0 Å². The van der Waals surface area contributed by atoms with Crippen molar-refractivity contribution in [2.75, 3.05) is 6.54 Å². The second-order valence-electron chi connectivity index (χ2n) is 3.98. The minimum absolute atomic E-state index is 0.0958. The van der Waals surface area contributed by atoms with E-state index in [1.807, 2.05) is 0 Å². The number of nitrogens with one attached hydrogen (secondary N) is 1. The lowest BCUT2D eigenvalue weighted by Crippen LogP contribution is -2.26. The molecule has 0 saturated heterocycles. The normalized spacial score (nSPS) is 13.3. The monoisotopic (exact) mass is 260 g/mol. The van der Waals surface area contributed by atoms with Gasteiger partial charge in [0.25, 0.3) is 0 Å². The molecule has 1 amide bonds. The molecule has 0 fully saturated rings. The molecule has 0 spiro atoms. The summed E-state index contributed by atoms with van der Waals surface area (Å²) in [4.78, 5) is 10.5. The minimum atomic E-state index is -4.38. The van der Waals surface area contributed by atoms with Crippen LogP contribution >= 0.6 is 0 Å². The maximum absolute atomic E-state index is 12.8. The highest BCUT2D eigenvalue weighted by atomic mass is 19.4. The van der Waals surface area contributed by atoms with E-state index in [9.17, 15) is 18.0 Å². The van der Waals surface area contributed by atoms with Gasteiger partial charge in [-0.2, -0.15) is 13.2 Å². The zero-order valence-electron chi connectivity index (χ0n) is 9.92. The minimum Gasteiger partial charge on any atom is -0.370 e. The summed E-state index contributed by atoms with van der Waals surface area (Å²) in [5.74, 6) is -0.487. The number of primary amides is 1. The molecule has 3 nitrogen and oxygen atoms in total. The van der Waals surface area contributed by atoms with E-state index in [1.54, 1.807) is 13.0 Å². The standard InChI is InChI=1S/C12H15F3N2O/c1-8(17-7-6-11(16)18)9-4-2-3-5-10(9)12(13,14)15/h2-5,8,17H,6-7H2,1H3,(H2,16,18). The molecule has 0 aliphatic rings. The van der Waals surface area contributed by atoms with Crippen LogP contribution in [0, 0.1) is 0 Å². The van der Waals surface area contributed by atoms with E-state index in [0.717, 1.165) is 6.07 Å². The molecule has 6 heteroatoms. The number of amides is 1. The van der Waals surface area contributed by atoms with Crippen LogP contribution in [0.5, 0.6) is 0 Å². The van der Waals surface area contributed by atoms with Gasteiger partial charge in [-0.3, -0.25) is 4.79 Å². The Morgan fingerprint density at radius 2 is 2.00 bits per heavy atom. The number of carbonyl (C=O) groups excluding carboxylic acids is 1. The van der Waals surface area contributed by atoms with E-state index >= 15 is 0 Å². The Balaban J connectivity index is 2.79. The number of benzene rings is 1. The van der Waals surface area contributed by atoms with Crippen LogP contribution in [0.15, 0.2) is 24.3 Å². The van der Waals surface area contributed by atoms with Crippen LogP contribution in [-0.4, -0.2) is 12.5 Å². The third-order valence-corrected chi connectivity index (χ3v) is 2.55. The molecule has 1 unspecified atom stereocenters. The Bertz CT molecular complexity index is 418. The predicted molar refractivity (Wildman–Crippen MR) is 61.7 cm³/mol. The van der Waals surface area contributed by atoms with Crippen molar-refractivity contribution in [1.82, 2.24) is 5.32 Å². The molecule has 0 aliphatic heterocycles. The topological polar surface area (TPSA) is 55.1 Å². The molecule has 0 heterocycles. The van der Waals surface area contributed by atoms with Crippen molar-refractivity contribution in [3.05, 3.63) is 35.4 Å². The Hall–Kier alpha value is -1.56. The van der Waals surface area contributed by atoms with Crippen LogP contribution in [0.2, 0.25) is 0 Å². The maximum Gasteiger partial charge on any atom is 0.416 e. The predicted octanol–water partition coefficient (Wildman–Crippen LogP) is 2.23. The SMILES string of the molecule is CC(NCCC(N)=O)c1ccccc1C(F)(F)F. The number of carbonyl (C=O) groups is 1. The van der Waals surface area contributed by atoms with Gasteiger partial charge >= 0.3 is 6.18 Å². The second kappa shape index (κ2) is 5.86. The van der Waals surface area contributed by atoms with Gasteiger partial charge in [0.2, 0.25) is 5.91 Å². The molecule has 1 aromatic carbocycles. The van der Waals surface area contributed by atoms with E-state index in [-0.39, 0.29) is 18.5 Å². The summed E-state index contributed by atoms with van der Waals surface area (Å²) in [7, 11) is 0. The van der Waals surface area contributed by atoms with E-state index in [4.69, 9.17) is 5.73 Å². The molecule has 18 heavy (non-hydrogen) atoms. The van der Waals surface area contributed by atoms with Crippen molar-refractivity contribution in [3.63, 3.8) is 0 Å². The zero-order chi connectivity index (χ0) is 13.8. The average Bonchev–Trinajstić information content (AvgIpc) is 2.27. The fourth-order valence-corrected chi connectivity index (χ4v) is 1.65. The lowest BCUT2D eigenvalue weighted by molar-refractivity contribution is -0.138. The first kappa shape index (κ1) is 14.5. The van der Waals surface area contributed by atoms with Gasteiger partial charge in [0, 0.05) is 19.0 Å². The summed E-state index contributed by atoms with van der Waals surface area (Å²) in [6.07, 6.45) is -4.28. The maximum atomic E-state index is 12.8. The molecule has 1 aromatic rings. The van der Waals surface area contributed by atoms with E-state index in [1.165, 1.54) is 12.1 Å². The third kappa shape index (κ3) is 4.03. The van der Waals surface area contributed by atoms with Crippen LogP contribution in [0.1, 0.15) is 30.5 Å². The van der Waals surface area contributed by atoms with Gasteiger partial charge in [0.15, 0.2) is 0 Å². The lowest BCUT2D eigenvalue weighted by atomic mass is 10.0. The molecule has 0 aromatic heterocycles. The molecule has 0 saturated carbocycles. The summed E-state index contributed by atoms with van der Waals surface area (Å²) >= 11 is 0. The molecule has 0 radical (unpaired) electrons. The number of alkyl halides is 3. The molecule has 0 aliphatic carbocycles. The average molecular weight is 260 g/mol. The summed E-state index contributed by atoms with van der Waals surface area (Å²) < 4.78 is 38.3. The van der Waals surface area contributed by atoms with Gasteiger partial charge < -0.3 is 11.1 Å². The highest BCUT2D eigenvalue weighted by Crippen LogP contribution is 2.34. The summed E-state index contributed by atoms with van der Waals surface area (Å²) in [5, 5.41) is 2.84. The smallest absolute Gasteiger partial charge is 0.370 e. The van der Waals surface area contributed by atoms with Crippen LogP contribution in [0.3, 0.4) is 0 Å². The number of rotatable bonds is 5. The van der Waals surface area contributed by atoms with E-state index < -0.39 is 23.7 Å². The summed E-state index contributed by atoms with van der Waals surface area (Å²) in [6, 6.07) is 4.87. The van der Waals surface area contributed by atoms with Crippen molar-refractivity contribution in [1.29, 1.82) is 0 Å². The Labute approximate surface area is 103 Å². The molecule has 100 valence electrons. The molecule has 0 bridgehead atoms. The van der Waals surface area contributed by atoms with E-state index in [2.05, 4.69) is 5.32 Å². The summed E-state index contributed by atoms with van der Waals surface area (Å²) in [5.41, 5.74) is 4.46. The van der Waals surface area contributed by atoms with Crippen LogP contribution in [0.4, 0.5) is 13.2 Å². The van der Waals surface area contributed by atoms with Crippen LogP contribution < -0.4 is 11.1 Å². The highest BCUT2D eigenvalue weighted by molar-refractivity contribution is 5.73. The van der Waals surface area contributed by atoms with Crippen molar-refractivity contribution < 1.29 is 18.0 Å². The van der Waals surface area contributed by atoms with Crippen LogP contribution in [0.25, 0.3) is 0 Å². The lowest BCUT2D eigenvalue weighted by Gasteiger charge is -2.19. The van der Waals surface area contributed by atoms with Gasteiger partial charge in [-0.05, 0) is 18.6 Å². The number of hydrogen-bond acceptors (Lipinski definition) is 2. The van der Waals surface area contributed by atoms with Crippen molar-refractivity contribution in [2.45, 2.75) is 25.6 Å². The van der Waals surface area contributed by atoms with Gasteiger partial charge in [0.05, 0.1) is 5.56 Å². The van der Waals surface area contributed by atoms with Crippen molar-refractivity contribution in [2.24, 2.45) is 5.73 Å². The largest absolute Gasteiger partial charge is 0.416 e. The van der Waals surface area contributed by atoms with Crippen molar-refractivity contribution >= 4 is 5.91 Å². The molecular weight excluding hydrogens is 245 g/mol. The molecular formula is C12H15F3N2O.